The van der Waals surface area contributed by atoms with E-state index in [1.807, 2.05) is 6.07 Å². The van der Waals surface area contributed by atoms with Gasteiger partial charge in [-0.25, -0.2) is 27.8 Å². The molecule has 1 saturated heterocycles. The number of nitrogens with zero attached hydrogens (tertiary/aromatic N) is 5. The normalized spacial score (nSPS) is 14.9. The van der Waals surface area contributed by atoms with Crippen molar-refractivity contribution >= 4 is 16.0 Å². The van der Waals surface area contributed by atoms with E-state index in [1.54, 1.807) is 53.6 Å². The molecular weight excluding hydrogens is 376 g/mol. The Labute approximate surface area is 164 Å². The minimum Gasteiger partial charge on any atom is -0.341 e. The lowest BCUT2D eigenvalue weighted by Gasteiger charge is -2.26. The van der Waals surface area contributed by atoms with Crippen LogP contribution in [0.3, 0.4) is 0 Å². The van der Waals surface area contributed by atoms with Gasteiger partial charge in [0, 0.05) is 31.7 Å². The van der Waals surface area contributed by atoms with Crippen LogP contribution in [0.5, 0.6) is 0 Å². The van der Waals surface area contributed by atoms with E-state index in [0.29, 0.717) is 11.6 Å². The number of hydrogen-bond acceptors (Lipinski definition) is 6. The molecule has 3 heterocycles. The fourth-order valence-electron chi connectivity index (χ4n) is 3.18. The first-order valence-corrected chi connectivity index (χ1v) is 10.8. The molecule has 146 valence electrons. The third kappa shape index (κ3) is 4.20. The predicted octanol–water partition coefficient (Wildman–Crippen LogP) is 2.13. The second kappa shape index (κ2) is 8.07. The third-order valence-electron chi connectivity index (χ3n) is 4.70. The van der Waals surface area contributed by atoms with Gasteiger partial charge in [-0.15, -0.1) is 0 Å². The Kier molecular flexibility index (Phi) is 5.36. The van der Waals surface area contributed by atoms with Gasteiger partial charge >= 0.3 is 0 Å². The van der Waals surface area contributed by atoms with E-state index < -0.39 is 10.0 Å². The number of nitrogens with one attached hydrogen (secondary N) is 1. The monoisotopic (exact) mass is 398 g/mol. The maximum Gasteiger partial charge on any atom is 0.240 e. The summed E-state index contributed by atoms with van der Waals surface area (Å²) >= 11 is 0. The molecule has 1 fully saturated rings. The van der Waals surface area contributed by atoms with Gasteiger partial charge in [-0.1, -0.05) is 0 Å². The van der Waals surface area contributed by atoms with Crippen LogP contribution < -0.4 is 9.62 Å². The SMILES string of the molecule is O=S(=O)(NCc1ccnc(N2CCCCC2)n1)c1ccc(-n2cccn2)cc1. The number of aromatic nitrogens is 4. The Morgan fingerprint density at radius 2 is 1.79 bits per heavy atom. The average Bonchev–Trinajstić information content (AvgIpc) is 3.28. The maximum atomic E-state index is 12.6. The molecule has 0 aliphatic carbocycles. The third-order valence-corrected chi connectivity index (χ3v) is 6.12. The van der Waals surface area contributed by atoms with Crippen molar-refractivity contribution in [2.24, 2.45) is 0 Å². The molecular formula is C19H22N6O2S. The zero-order valence-electron chi connectivity index (χ0n) is 15.4. The van der Waals surface area contributed by atoms with Crippen LogP contribution in [0, 0.1) is 0 Å². The van der Waals surface area contributed by atoms with E-state index in [1.165, 1.54) is 6.42 Å². The smallest absolute Gasteiger partial charge is 0.240 e. The van der Waals surface area contributed by atoms with Crippen molar-refractivity contribution in [2.45, 2.75) is 30.7 Å². The summed E-state index contributed by atoms with van der Waals surface area (Å²) in [7, 11) is -3.64. The molecule has 2 aromatic heterocycles. The molecule has 0 atom stereocenters. The minimum absolute atomic E-state index is 0.118. The molecule has 0 radical (unpaired) electrons. The molecule has 9 heteroatoms. The Hall–Kier alpha value is -2.78. The van der Waals surface area contributed by atoms with E-state index in [2.05, 4.69) is 24.7 Å². The number of anilines is 1. The van der Waals surface area contributed by atoms with E-state index in [-0.39, 0.29) is 11.4 Å². The van der Waals surface area contributed by atoms with Crippen LogP contribution >= 0.6 is 0 Å². The molecule has 0 amide bonds. The van der Waals surface area contributed by atoms with Crippen LogP contribution in [0.1, 0.15) is 25.0 Å². The first-order valence-electron chi connectivity index (χ1n) is 9.28. The van der Waals surface area contributed by atoms with Crippen molar-refractivity contribution in [1.82, 2.24) is 24.5 Å². The molecule has 4 rings (SSSR count). The standard InChI is InChI=1S/C19H22N6O2S/c26-28(27,18-7-5-17(6-8-18)25-14-4-10-21-25)22-15-16-9-11-20-19(23-16)24-12-2-1-3-13-24/h4-11,14,22H,1-3,12-13,15H2. The summed E-state index contributed by atoms with van der Waals surface area (Å²) in [6.07, 6.45) is 8.65. The molecule has 1 aromatic carbocycles. The van der Waals surface area contributed by atoms with Gasteiger partial charge in [-0.2, -0.15) is 5.10 Å². The highest BCUT2D eigenvalue weighted by Gasteiger charge is 2.16. The molecule has 1 aliphatic heterocycles. The van der Waals surface area contributed by atoms with Crippen LogP contribution in [0.25, 0.3) is 5.69 Å². The Morgan fingerprint density at radius 3 is 2.50 bits per heavy atom. The summed E-state index contributed by atoms with van der Waals surface area (Å²) in [5.74, 6) is 0.667. The van der Waals surface area contributed by atoms with Crippen LogP contribution in [-0.2, 0) is 16.6 Å². The molecule has 1 aliphatic rings. The van der Waals surface area contributed by atoms with Crippen molar-refractivity contribution < 1.29 is 8.42 Å². The Balaban J connectivity index is 1.43. The van der Waals surface area contributed by atoms with Crippen molar-refractivity contribution in [3.05, 3.63) is 60.7 Å². The van der Waals surface area contributed by atoms with E-state index >= 15 is 0 Å². The second-order valence-corrected chi connectivity index (χ2v) is 8.43. The highest BCUT2D eigenvalue weighted by atomic mass is 32.2. The lowest BCUT2D eigenvalue weighted by molar-refractivity contribution is 0.566. The van der Waals surface area contributed by atoms with Crippen molar-refractivity contribution in [3.63, 3.8) is 0 Å². The zero-order valence-corrected chi connectivity index (χ0v) is 16.2. The van der Waals surface area contributed by atoms with E-state index in [4.69, 9.17) is 0 Å². The molecule has 1 N–H and O–H groups in total. The molecule has 8 nitrogen and oxygen atoms in total. The largest absolute Gasteiger partial charge is 0.341 e. The van der Waals surface area contributed by atoms with Crippen LogP contribution in [0.2, 0.25) is 0 Å². The highest BCUT2D eigenvalue weighted by molar-refractivity contribution is 7.89. The van der Waals surface area contributed by atoms with Crippen LogP contribution in [0.15, 0.2) is 59.9 Å². The van der Waals surface area contributed by atoms with Crippen molar-refractivity contribution in [1.29, 1.82) is 0 Å². The average molecular weight is 398 g/mol. The van der Waals surface area contributed by atoms with Gasteiger partial charge in [0.05, 0.1) is 22.8 Å². The summed E-state index contributed by atoms with van der Waals surface area (Å²) in [5.41, 5.74) is 1.44. The molecule has 0 bridgehead atoms. The van der Waals surface area contributed by atoms with Gasteiger partial charge in [0.2, 0.25) is 16.0 Å². The number of sulfonamides is 1. The highest BCUT2D eigenvalue weighted by Crippen LogP contribution is 2.16. The van der Waals surface area contributed by atoms with Gasteiger partial charge in [-0.3, -0.25) is 0 Å². The fraction of sp³-hybridized carbons (Fsp3) is 0.316. The first kappa shape index (κ1) is 18.6. The number of benzene rings is 1. The topological polar surface area (TPSA) is 93.0 Å². The lowest BCUT2D eigenvalue weighted by atomic mass is 10.1. The zero-order chi connectivity index (χ0) is 19.4. The lowest BCUT2D eigenvalue weighted by Crippen LogP contribution is -2.31. The number of rotatable bonds is 6. The quantitative estimate of drug-likeness (QED) is 0.684. The van der Waals surface area contributed by atoms with Crippen molar-refractivity contribution in [3.8, 4) is 5.69 Å². The van der Waals surface area contributed by atoms with Crippen molar-refractivity contribution in [2.75, 3.05) is 18.0 Å². The Bertz CT molecular complexity index is 1010. The molecule has 0 unspecified atom stereocenters. The summed E-state index contributed by atoms with van der Waals surface area (Å²) in [5, 5.41) is 4.13. The fourth-order valence-corrected chi connectivity index (χ4v) is 4.18. The summed E-state index contributed by atoms with van der Waals surface area (Å²) < 4.78 is 29.5. The predicted molar refractivity (Wildman–Crippen MR) is 106 cm³/mol. The van der Waals surface area contributed by atoms with E-state index in [0.717, 1.165) is 31.6 Å². The van der Waals surface area contributed by atoms with E-state index in [9.17, 15) is 8.42 Å². The molecule has 3 aromatic rings. The van der Waals surface area contributed by atoms with Crippen LogP contribution in [0.4, 0.5) is 5.95 Å². The van der Waals surface area contributed by atoms with Gasteiger partial charge < -0.3 is 4.90 Å². The van der Waals surface area contributed by atoms with Gasteiger partial charge in [0.1, 0.15) is 0 Å². The molecule has 28 heavy (non-hydrogen) atoms. The maximum absolute atomic E-state index is 12.6. The van der Waals surface area contributed by atoms with Gasteiger partial charge in [0.15, 0.2) is 0 Å². The number of hydrogen-bond donors (Lipinski definition) is 1. The summed E-state index contributed by atoms with van der Waals surface area (Å²) in [6.45, 7) is 2.00. The van der Waals surface area contributed by atoms with Gasteiger partial charge in [-0.05, 0) is 55.7 Å². The summed E-state index contributed by atoms with van der Waals surface area (Å²) in [6, 6.07) is 10.1. The second-order valence-electron chi connectivity index (χ2n) is 6.66. The van der Waals surface area contributed by atoms with Crippen LogP contribution in [-0.4, -0.2) is 41.3 Å². The number of piperidine rings is 1. The first-order chi connectivity index (χ1) is 13.6. The molecule has 0 spiro atoms. The Morgan fingerprint density at radius 1 is 1.00 bits per heavy atom. The minimum atomic E-state index is -3.64. The summed E-state index contributed by atoms with van der Waals surface area (Å²) in [4.78, 5) is 11.2. The molecule has 0 saturated carbocycles. The van der Waals surface area contributed by atoms with Gasteiger partial charge in [0.25, 0.3) is 0 Å².